The molecule has 0 aliphatic heterocycles. The van der Waals surface area contributed by atoms with Crippen LogP contribution in [0.2, 0.25) is 0 Å². The van der Waals surface area contributed by atoms with Crippen LogP contribution in [-0.4, -0.2) is 68.5 Å². The van der Waals surface area contributed by atoms with Crippen LogP contribution in [0, 0.1) is 0 Å². The van der Waals surface area contributed by atoms with Crippen molar-refractivity contribution in [2.45, 2.75) is 231 Å². The molecule has 0 bridgehead atoms. The minimum Gasteiger partial charge on any atom is -0.756 e. The van der Waals surface area contributed by atoms with E-state index in [2.05, 4.69) is 31.3 Å². The number of carbonyl (C=O) groups excluding carboxylic acids is 1. The molecule has 56 heavy (non-hydrogen) atoms. The summed E-state index contributed by atoms with van der Waals surface area (Å²) in [6.45, 7) is 4.61. The summed E-state index contributed by atoms with van der Waals surface area (Å²) in [4.78, 5) is 25.2. The lowest BCUT2D eigenvalue weighted by molar-refractivity contribution is -0.870. The van der Waals surface area contributed by atoms with E-state index >= 15 is 0 Å². The molecule has 0 fully saturated rings. The van der Waals surface area contributed by atoms with Crippen LogP contribution in [-0.2, 0) is 18.4 Å². The quantitative estimate of drug-likeness (QED) is 0.0275. The van der Waals surface area contributed by atoms with Crippen molar-refractivity contribution >= 4 is 13.7 Å². The molecule has 0 aromatic carbocycles. The number of unbranched alkanes of at least 4 members (excludes halogenated alkanes) is 28. The second kappa shape index (κ2) is 39.4. The average Bonchev–Trinajstić information content (AvgIpc) is 3.15. The number of aliphatic hydroxyl groups is 1. The first-order valence-electron chi connectivity index (χ1n) is 23.7. The number of nitrogens with one attached hydrogen (secondary N) is 1. The Hall–Kier alpha value is -1.02. The second-order valence-corrected chi connectivity index (χ2v) is 18.9. The van der Waals surface area contributed by atoms with Gasteiger partial charge in [0.25, 0.3) is 7.82 Å². The predicted octanol–water partition coefficient (Wildman–Crippen LogP) is 12.7. The van der Waals surface area contributed by atoms with Gasteiger partial charge in [0.05, 0.1) is 39.9 Å². The number of hydrogen-bond acceptors (Lipinski definition) is 6. The van der Waals surface area contributed by atoms with Crippen LogP contribution in [0.3, 0.4) is 0 Å². The normalized spacial score (nSPS) is 14.5. The summed E-state index contributed by atoms with van der Waals surface area (Å²) in [5, 5.41) is 13.7. The molecule has 0 aliphatic carbocycles. The van der Waals surface area contributed by atoms with Crippen molar-refractivity contribution < 1.29 is 32.9 Å². The number of phosphoric ester groups is 1. The third kappa shape index (κ3) is 41.2. The number of likely N-dealkylation sites (N-methyl/N-ethyl adjacent to an activating group) is 1. The van der Waals surface area contributed by atoms with Gasteiger partial charge in [-0.1, -0.05) is 205 Å². The number of quaternary nitrogens is 1. The van der Waals surface area contributed by atoms with E-state index in [0.717, 1.165) is 38.5 Å². The summed E-state index contributed by atoms with van der Waals surface area (Å²) >= 11 is 0. The van der Waals surface area contributed by atoms with Gasteiger partial charge in [-0.05, 0) is 32.1 Å². The van der Waals surface area contributed by atoms with Crippen molar-refractivity contribution in [2.75, 3.05) is 40.9 Å². The zero-order chi connectivity index (χ0) is 41.4. The lowest BCUT2D eigenvalue weighted by Gasteiger charge is -2.29. The van der Waals surface area contributed by atoms with Crippen molar-refractivity contribution in [3.63, 3.8) is 0 Å². The van der Waals surface area contributed by atoms with Crippen LogP contribution in [0.4, 0.5) is 0 Å². The van der Waals surface area contributed by atoms with Crippen molar-refractivity contribution in [2.24, 2.45) is 0 Å². The van der Waals surface area contributed by atoms with Gasteiger partial charge < -0.3 is 28.8 Å². The van der Waals surface area contributed by atoms with E-state index in [1.54, 1.807) is 6.08 Å². The minimum absolute atomic E-state index is 0.00452. The number of phosphoric acid groups is 1. The molecule has 0 aromatic heterocycles. The Morgan fingerprint density at radius 2 is 1.00 bits per heavy atom. The van der Waals surface area contributed by atoms with Crippen molar-refractivity contribution in [3.05, 3.63) is 24.3 Å². The first-order chi connectivity index (χ1) is 27.0. The topological polar surface area (TPSA) is 108 Å². The number of amides is 1. The van der Waals surface area contributed by atoms with Crippen molar-refractivity contribution in [3.8, 4) is 0 Å². The van der Waals surface area contributed by atoms with Gasteiger partial charge in [-0.15, -0.1) is 0 Å². The summed E-state index contributed by atoms with van der Waals surface area (Å²) in [5.41, 5.74) is 0. The molecule has 0 rings (SSSR count). The molecule has 3 unspecified atom stereocenters. The van der Waals surface area contributed by atoms with Crippen LogP contribution in [0.15, 0.2) is 24.3 Å². The SMILES string of the molecule is CCCCCCCCCCCCCCCCCCCCC/C=C/CC/C=C/C(O)C(COP(=O)([O-])OCC[N+](C)(C)C)NC(=O)CCCCCCCCCCC. The number of allylic oxidation sites excluding steroid dienone is 3. The standard InChI is InChI=1S/C47H93N2O6P/c1-6-8-10-12-14-16-17-18-19-20-21-22-23-24-25-26-27-28-29-30-31-33-34-36-38-40-46(50)45(44-55-56(52,53)54-43-42-49(3,4)5)48-47(51)41-39-37-35-32-15-13-11-9-7-2/h31,33,38,40,45-46,50H,6-30,32,34-37,39,41-44H2,1-5H3,(H-,48,51,52,53)/b33-31+,40-38+. The molecule has 9 heteroatoms. The van der Waals surface area contributed by atoms with E-state index in [0.29, 0.717) is 17.4 Å². The molecule has 0 aliphatic rings. The van der Waals surface area contributed by atoms with E-state index in [-0.39, 0.29) is 19.1 Å². The summed E-state index contributed by atoms with van der Waals surface area (Å²) in [7, 11) is 1.25. The smallest absolute Gasteiger partial charge is 0.268 e. The van der Waals surface area contributed by atoms with Crippen molar-refractivity contribution in [1.29, 1.82) is 0 Å². The van der Waals surface area contributed by atoms with Crippen LogP contribution < -0.4 is 10.2 Å². The van der Waals surface area contributed by atoms with Gasteiger partial charge >= 0.3 is 0 Å². The van der Waals surface area contributed by atoms with Gasteiger partial charge in [0.2, 0.25) is 5.91 Å². The van der Waals surface area contributed by atoms with E-state index in [9.17, 15) is 19.4 Å². The number of rotatable bonds is 43. The summed E-state index contributed by atoms with van der Waals surface area (Å²) in [6, 6.07) is -0.897. The zero-order valence-corrected chi connectivity index (χ0v) is 38.5. The fourth-order valence-corrected chi connectivity index (χ4v) is 7.60. The molecule has 0 aromatic rings. The van der Waals surface area contributed by atoms with Crippen LogP contribution in [0.25, 0.3) is 0 Å². The lowest BCUT2D eigenvalue weighted by atomic mass is 10.0. The molecule has 0 saturated carbocycles. The largest absolute Gasteiger partial charge is 0.756 e. The number of carbonyl (C=O) groups is 1. The Morgan fingerprint density at radius 1 is 0.607 bits per heavy atom. The van der Waals surface area contributed by atoms with E-state index in [4.69, 9.17) is 9.05 Å². The fraction of sp³-hybridized carbons (Fsp3) is 0.894. The molecule has 3 atom stereocenters. The molecule has 2 N–H and O–H groups in total. The van der Waals surface area contributed by atoms with Crippen molar-refractivity contribution in [1.82, 2.24) is 5.32 Å². The van der Waals surface area contributed by atoms with Gasteiger partial charge in [-0.3, -0.25) is 9.36 Å². The average molecular weight is 813 g/mol. The summed E-state index contributed by atoms with van der Waals surface area (Å²) < 4.78 is 23.1. The third-order valence-corrected chi connectivity index (χ3v) is 11.6. The maximum atomic E-state index is 12.8. The first-order valence-corrected chi connectivity index (χ1v) is 25.2. The lowest BCUT2D eigenvalue weighted by Crippen LogP contribution is -2.45. The highest BCUT2D eigenvalue weighted by atomic mass is 31.2. The third-order valence-electron chi connectivity index (χ3n) is 10.7. The monoisotopic (exact) mass is 813 g/mol. The van der Waals surface area contributed by atoms with Gasteiger partial charge in [0.15, 0.2) is 0 Å². The number of aliphatic hydroxyl groups excluding tert-OH is 1. The number of nitrogens with zero attached hydrogens (tertiary/aromatic N) is 1. The molecule has 332 valence electrons. The molecule has 0 saturated heterocycles. The molecule has 0 heterocycles. The molecule has 0 radical (unpaired) electrons. The minimum atomic E-state index is -4.59. The molecular weight excluding hydrogens is 719 g/mol. The van der Waals surface area contributed by atoms with Crippen LogP contribution >= 0.6 is 7.82 Å². The molecule has 0 spiro atoms. The highest BCUT2D eigenvalue weighted by Crippen LogP contribution is 2.38. The van der Waals surface area contributed by atoms with E-state index in [1.165, 1.54) is 161 Å². The highest BCUT2D eigenvalue weighted by molar-refractivity contribution is 7.45. The Labute approximate surface area is 347 Å². The first kappa shape index (κ1) is 55.0. The van der Waals surface area contributed by atoms with Crippen LogP contribution in [0.5, 0.6) is 0 Å². The Kier molecular flexibility index (Phi) is 38.7. The Morgan fingerprint density at radius 3 is 1.45 bits per heavy atom. The maximum Gasteiger partial charge on any atom is 0.268 e. The Balaban J connectivity index is 4.24. The predicted molar refractivity (Wildman–Crippen MR) is 238 cm³/mol. The molecular formula is C47H93N2O6P. The Bertz CT molecular complexity index is 969. The zero-order valence-electron chi connectivity index (χ0n) is 37.6. The van der Waals surface area contributed by atoms with Gasteiger partial charge in [0, 0.05) is 6.42 Å². The highest BCUT2D eigenvalue weighted by Gasteiger charge is 2.23. The van der Waals surface area contributed by atoms with Gasteiger partial charge in [0.1, 0.15) is 13.2 Å². The summed E-state index contributed by atoms with van der Waals surface area (Å²) in [6.07, 6.45) is 46.8. The fourth-order valence-electron chi connectivity index (χ4n) is 6.87. The second-order valence-electron chi connectivity index (χ2n) is 17.5. The van der Waals surface area contributed by atoms with Crippen LogP contribution in [0.1, 0.15) is 219 Å². The number of hydrogen-bond donors (Lipinski definition) is 2. The van der Waals surface area contributed by atoms with E-state index < -0.39 is 20.0 Å². The van der Waals surface area contributed by atoms with E-state index in [1.807, 2.05) is 27.2 Å². The molecule has 8 nitrogen and oxygen atoms in total. The van der Waals surface area contributed by atoms with Gasteiger partial charge in [-0.25, -0.2) is 0 Å². The molecule has 1 amide bonds. The maximum absolute atomic E-state index is 12.8. The van der Waals surface area contributed by atoms with Gasteiger partial charge in [-0.2, -0.15) is 0 Å². The summed E-state index contributed by atoms with van der Waals surface area (Å²) in [5.74, 6) is -0.210.